The minimum Gasteiger partial charge on any atom is -0.357 e. The topological polar surface area (TPSA) is 86.4 Å². The normalized spacial score (nSPS) is 14.5. The number of para-hydroxylation sites is 1. The number of rotatable bonds is 7. The highest BCUT2D eigenvalue weighted by Crippen LogP contribution is 2.18. The molecule has 7 heteroatoms. The molecule has 0 bridgehead atoms. The number of nitrogens with one attached hydrogen (secondary N) is 3. The third-order valence-electron chi connectivity index (χ3n) is 5.90. The van der Waals surface area contributed by atoms with Crippen LogP contribution >= 0.6 is 0 Å². The minimum absolute atomic E-state index is 0.309. The van der Waals surface area contributed by atoms with Crippen LogP contribution in [0.15, 0.2) is 79.0 Å². The third kappa shape index (κ3) is 6.57. The molecule has 0 saturated carbocycles. The maximum absolute atomic E-state index is 13.0. The predicted octanol–water partition coefficient (Wildman–Crippen LogP) is 4.64. The Kier molecular flexibility index (Phi) is 8.11. The van der Waals surface area contributed by atoms with Crippen molar-refractivity contribution in [1.82, 2.24) is 15.6 Å². The Hall–Kier alpha value is -3.87. The molecule has 3 aromatic rings. The minimum atomic E-state index is -0.829. The van der Waals surface area contributed by atoms with E-state index in [1.807, 2.05) is 72.8 Å². The van der Waals surface area contributed by atoms with Gasteiger partial charge >= 0.3 is 6.03 Å². The number of carbonyl (C=O) groups excluding carboxylic acids is 2. The Morgan fingerprint density at radius 3 is 2.18 bits per heavy atom. The molecular formula is C27H31N5O2. The molecule has 1 fully saturated rings. The molecule has 1 saturated heterocycles. The van der Waals surface area contributed by atoms with Gasteiger partial charge in [-0.1, -0.05) is 67.4 Å². The summed E-state index contributed by atoms with van der Waals surface area (Å²) in [6, 6.07) is 21.1. The summed E-state index contributed by atoms with van der Waals surface area (Å²) in [6.07, 6.45) is 6.76. The van der Waals surface area contributed by atoms with Crippen LogP contribution in [-0.4, -0.2) is 30.0 Å². The lowest BCUT2D eigenvalue weighted by atomic mass is 10.1. The second-order valence-electron chi connectivity index (χ2n) is 8.45. The average Bonchev–Trinajstić information content (AvgIpc) is 3.17. The molecule has 1 atom stereocenters. The lowest BCUT2D eigenvalue weighted by molar-refractivity contribution is -0.118. The maximum Gasteiger partial charge on any atom is 0.315 e. The van der Waals surface area contributed by atoms with Gasteiger partial charge in [0.2, 0.25) is 0 Å². The summed E-state index contributed by atoms with van der Waals surface area (Å²) in [7, 11) is 0. The number of aromatic nitrogens is 1. The van der Waals surface area contributed by atoms with E-state index in [0.29, 0.717) is 17.8 Å². The van der Waals surface area contributed by atoms with Crippen LogP contribution in [0.1, 0.15) is 42.9 Å². The largest absolute Gasteiger partial charge is 0.357 e. The molecule has 0 aliphatic carbocycles. The summed E-state index contributed by atoms with van der Waals surface area (Å²) >= 11 is 0. The van der Waals surface area contributed by atoms with Gasteiger partial charge in [0.05, 0.1) is 0 Å². The Bertz CT molecular complexity index is 1050. The van der Waals surface area contributed by atoms with Crippen molar-refractivity contribution in [1.29, 1.82) is 0 Å². The van der Waals surface area contributed by atoms with Crippen LogP contribution in [0.3, 0.4) is 0 Å². The third-order valence-corrected chi connectivity index (χ3v) is 5.90. The van der Waals surface area contributed by atoms with Crippen molar-refractivity contribution in [2.75, 3.05) is 23.3 Å². The van der Waals surface area contributed by atoms with Gasteiger partial charge in [-0.15, -0.1) is 0 Å². The highest BCUT2D eigenvalue weighted by Gasteiger charge is 2.23. The smallest absolute Gasteiger partial charge is 0.315 e. The van der Waals surface area contributed by atoms with E-state index in [0.717, 1.165) is 24.5 Å². The molecule has 0 spiro atoms. The number of anilines is 2. The molecule has 1 aromatic heterocycles. The van der Waals surface area contributed by atoms with E-state index in [9.17, 15) is 9.59 Å². The Balaban J connectivity index is 1.35. The number of pyridine rings is 1. The highest BCUT2D eigenvalue weighted by atomic mass is 16.2. The highest BCUT2D eigenvalue weighted by molar-refractivity contribution is 5.97. The number of amides is 3. The van der Waals surface area contributed by atoms with Crippen LogP contribution in [0.4, 0.5) is 16.3 Å². The summed E-state index contributed by atoms with van der Waals surface area (Å²) < 4.78 is 0. The van der Waals surface area contributed by atoms with Gasteiger partial charge < -0.3 is 20.9 Å². The molecule has 176 valence electrons. The fraction of sp³-hybridized carbons (Fsp3) is 0.296. The monoisotopic (exact) mass is 457 g/mol. The Morgan fingerprint density at radius 2 is 1.53 bits per heavy atom. The SMILES string of the molecule is O=C(NCc1ccc(N2CCCCCC2)nc1)NC(C(=O)Nc1ccccc1)c1ccccc1. The molecule has 4 rings (SSSR count). The molecule has 1 aliphatic heterocycles. The first-order valence-corrected chi connectivity index (χ1v) is 11.8. The average molecular weight is 458 g/mol. The van der Waals surface area contributed by atoms with E-state index < -0.39 is 12.1 Å². The lowest BCUT2D eigenvalue weighted by Crippen LogP contribution is -2.42. The zero-order valence-electron chi connectivity index (χ0n) is 19.2. The van der Waals surface area contributed by atoms with Gasteiger partial charge in [-0.3, -0.25) is 4.79 Å². The second kappa shape index (κ2) is 11.8. The van der Waals surface area contributed by atoms with Crippen molar-refractivity contribution in [2.45, 2.75) is 38.3 Å². The lowest BCUT2D eigenvalue weighted by Gasteiger charge is -2.21. The maximum atomic E-state index is 13.0. The van der Waals surface area contributed by atoms with Crippen LogP contribution in [0, 0.1) is 0 Å². The molecule has 34 heavy (non-hydrogen) atoms. The summed E-state index contributed by atoms with van der Waals surface area (Å²) in [4.78, 5) is 32.6. The van der Waals surface area contributed by atoms with Gasteiger partial charge in [0.25, 0.3) is 5.91 Å². The van der Waals surface area contributed by atoms with Crippen molar-refractivity contribution in [3.05, 3.63) is 90.1 Å². The van der Waals surface area contributed by atoms with Crippen LogP contribution < -0.4 is 20.9 Å². The van der Waals surface area contributed by atoms with E-state index in [1.165, 1.54) is 25.7 Å². The van der Waals surface area contributed by atoms with Gasteiger partial charge in [-0.2, -0.15) is 0 Å². The van der Waals surface area contributed by atoms with Gasteiger partial charge in [0.1, 0.15) is 11.9 Å². The zero-order valence-corrected chi connectivity index (χ0v) is 19.2. The van der Waals surface area contributed by atoms with Crippen molar-refractivity contribution in [3.63, 3.8) is 0 Å². The fourth-order valence-electron chi connectivity index (χ4n) is 4.05. The van der Waals surface area contributed by atoms with Crippen LogP contribution in [0.5, 0.6) is 0 Å². The summed E-state index contributed by atoms with van der Waals surface area (Å²) in [5.74, 6) is 0.674. The number of hydrogen-bond acceptors (Lipinski definition) is 4. The second-order valence-corrected chi connectivity index (χ2v) is 8.45. The molecule has 2 heterocycles. The quantitative estimate of drug-likeness (QED) is 0.482. The van der Waals surface area contributed by atoms with Gasteiger partial charge in [-0.05, 0) is 42.2 Å². The first-order chi connectivity index (χ1) is 16.7. The number of hydrogen-bond donors (Lipinski definition) is 3. The Morgan fingerprint density at radius 1 is 0.853 bits per heavy atom. The van der Waals surface area contributed by atoms with Crippen LogP contribution in [0.2, 0.25) is 0 Å². The summed E-state index contributed by atoms with van der Waals surface area (Å²) in [5.41, 5.74) is 2.28. The summed E-state index contributed by atoms with van der Waals surface area (Å²) in [6.45, 7) is 2.40. The number of nitrogens with zero attached hydrogens (tertiary/aromatic N) is 2. The molecule has 0 radical (unpaired) electrons. The van der Waals surface area contributed by atoms with Crippen LogP contribution in [0.25, 0.3) is 0 Å². The van der Waals surface area contributed by atoms with Gasteiger partial charge in [0.15, 0.2) is 0 Å². The van der Waals surface area contributed by atoms with E-state index in [2.05, 4.69) is 25.8 Å². The standard InChI is InChI=1S/C27H31N5O2/c33-26(30-23-13-7-4-8-14-23)25(22-11-5-3-6-12-22)31-27(34)29-20-21-15-16-24(28-19-21)32-17-9-1-2-10-18-32/h3-8,11-16,19,25H,1-2,9-10,17-18,20H2,(H,30,33)(H2,29,31,34). The molecule has 3 amide bonds. The van der Waals surface area contributed by atoms with E-state index in [1.54, 1.807) is 6.20 Å². The molecule has 1 aliphatic rings. The zero-order chi connectivity index (χ0) is 23.6. The number of urea groups is 1. The van der Waals surface area contributed by atoms with Crippen LogP contribution in [-0.2, 0) is 11.3 Å². The van der Waals surface area contributed by atoms with Crippen molar-refractivity contribution in [3.8, 4) is 0 Å². The molecule has 2 aromatic carbocycles. The van der Waals surface area contributed by atoms with Gasteiger partial charge in [0, 0.05) is 31.5 Å². The van der Waals surface area contributed by atoms with E-state index in [-0.39, 0.29) is 5.91 Å². The number of carbonyl (C=O) groups is 2. The first-order valence-electron chi connectivity index (χ1n) is 11.8. The van der Waals surface area contributed by atoms with Gasteiger partial charge in [-0.25, -0.2) is 9.78 Å². The van der Waals surface area contributed by atoms with Crippen molar-refractivity contribution >= 4 is 23.4 Å². The molecule has 3 N–H and O–H groups in total. The van der Waals surface area contributed by atoms with Crippen molar-refractivity contribution < 1.29 is 9.59 Å². The molecule has 7 nitrogen and oxygen atoms in total. The molecule has 1 unspecified atom stereocenters. The predicted molar refractivity (Wildman–Crippen MR) is 135 cm³/mol. The van der Waals surface area contributed by atoms with Crippen molar-refractivity contribution in [2.24, 2.45) is 0 Å². The van der Waals surface area contributed by atoms with E-state index in [4.69, 9.17) is 0 Å². The fourth-order valence-corrected chi connectivity index (χ4v) is 4.05. The number of benzene rings is 2. The van der Waals surface area contributed by atoms with E-state index >= 15 is 0 Å². The Labute approximate surface area is 200 Å². The first kappa shape index (κ1) is 23.3. The molecular weight excluding hydrogens is 426 g/mol. The summed E-state index contributed by atoms with van der Waals surface area (Å²) in [5, 5.41) is 8.51.